The number of carbonyl (C=O) groups is 1. The molecule has 1 aromatic carbocycles. The fourth-order valence-corrected chi connectivity index (χ4v) is 3.57. The molecule has 0 N–H and O–H groups in total. The Morgan fingerprint density at radius 2 is 1.89 bits per heavy atom. The topological polar surface area (TPSA) is 67.2 Å². The normalized spacial score (nSPS) is 15.0. The van der Waals surface area contributed by atoms with Gasteiger partial charge in [0.1, 0.15) is 5.82 Å². The lowest BCUT2D eigenvalue weighted by molar-refractivity contribution is 0.0627. The van der Waals surface area contributed by atoms with Gasteiger partial charge >= 0.3 is 0 Å². The van der Waals surface area contributed by atoms with Crippen LogP contribution in [0.5, 0.6) is 0 Å². The fraction of sp³-hybridized carbons (Fsp3) is 0.333. The van der Waals surface area contributed by atoms with E-state index in [4.69, 9.17) is 0 Å². The van der Waals surface area contributed by atoms with E-state index in [1.165, 1.54) is 0 Å². The molecule has 1 aliphatic heterocycles. The van der Waals surface area contributed by atoms with Crippen molar-refractivity contribution in [3.05, 3.63) is 65.7 Å². The predicted octanol–water partition coefficient (Wildman–Crippen LogP) is 2.14. The zero-order chi connectivity index (χ0) is 19.5. The lowest BCUT2D eigenvalue weighted by Gasteiger charge is -2.34. The molecule has 0 bridgehead atoms. The van der Waals surface area contributed by atoms with Crippen LogP contribution in [-0.2, 0) is 13.6 Å². The Balaban J connectivity index is 1.42. The minimum Gasteiger partial charge on any atom is -0.336 e. The third-order valence-electron chi connectivity index (χ3n) is 5.01. The van der Waals surface area contributed by atoms with Gasteiger partial charge in [0.2, 0.25) is 0 Å². The molecule has 0 spiro atoms. The number of rotatable bonds is 4. The van der Waals surface area contributed by atoms with Crippen molar-refractivity contribution in [3.63, 3.8) is 0 Å². The van der Waals surface area contributed by atoms with Gasteiger partial charge in [0, 0.05) is 57.1 Å². The van der Waals surface area contributed by atoms with Gasteiger partial charge in [-0.1, -0.05) is 18.2 Å². The molecule has 0 unspecified atom stereocenters. The Labute approximate surface area is 164 Å². The number of hydrogen-bond donors (Lipinski definition) is 0. The van der Waals surface area contributed by atoms with Crippen molar-refractivity contribution < 1.29 is 4.79 Å². The smallest absolute Gasteiger partial charge is 0.253 e. The molecular formula is C21H24N6O. The van der Waals surface area contributed by atoms with E-state index in [0.29, 0.717) is 5.56 Å². The molecule has 0 atom stereocenters. The molecule has 28 heavy (non-hydrogen) atoms. The van der Waals surface area contributed by atoms with Crippen LogP contribution >= 0.6 is 0 Å². The number of nitrogens with zero attached hydrogens (tertiary/aromatic N) is 6. The Morgan fingerprint density at radius 3 is 2.57 bits per heavy atom. The van der Waals surface area contributed by atoms with Gasteiger partial charge in [-0.05, 0) is 31.2 Å². The number of aromatic nitrogens is 4. The highest BCUT2D eigenvalue weighted by atomic mass is 16.2. The quantitative estimate of drug-likeness (QED) is 0.698. The average molecular weight is 376 g/mol. The van der Waals surface area contributed by atoms with E-state index in [1.807, 2.05) is 67.5 Å². The van der Waals surface area contributed by atoms with Gasteiger partial charge in [0.25, 0.3) is 5.91 Å². The number of piperazine rings is 1. The summed E-state index contributed by atoms with van der Waals surface area (Å²) in [6, 6.07) is 13.6. The van der Waals surface area contributed by atoms with Gasteiger partial charge in [0.15, 0.2) is 5.82 Å². The average Bonchev–Trinajstić information content (AvgIpc) is 3.07. The molecule has 1 amide bonds. The van der Waals surface area contributed by atoms with Crippen LogP contribution in [0.15, 0.2) is 48.7 Å². The highest BCUT2D eigenvalue weighted by Gasteiger charge is 2.23. The summed E-state index contributed by atoms with van der Waals surface area (Å²) in [4.78, 5) is 26.1. The van der Waals surface area contributed by atoms with Crippen molar-refractivity contribution in [3.8, 4) is 11.4 Å². The summed E-state index contributed by atoms with van der Waals surface area (Å²) in [5, 5.41) is 4.29. The summed E-state index contributed by atoms with van der Waals surface area (Å²) in [6.07, 6.45) is 1.82. The van der Waals surface area contributed by atoms with Gasteiger partial charge < -0.3 is 4.90 Å². The van der Waals surface area contributed by atoms with E-state index in [9.17, 15) is 4.79 Å². The number of amides is 1. The van der Waals surface area contributed by atoms with Crippen LogP contribution < -0.4 is 0 Å². The molecule has 2 aromatic heterocycles. The Kier molecular flexibility index (Phi) is 5.16. The van der Waals surface area contributed by atoms with Gasteiger partial charge in [-0.3, -0.25) is 14.7 Å². The van der Waals surface area contributed by atoms with E-state index in [2.05, 4.69) is 20.0 Å². The van der Waals surface area contributed by atoms with Crippen LogP contribution in [0.1, 0.15) is 21.9 Å². The number of pyridine rings is 1. The molecule has 144 valence electrons. The van der Waals surface area contributed by atoms with Crippen LogP contribution in [-0.4, -0.2) is 61.6 Å². The number of benzene rings is 1. The fourth-order valence-electron chi connectivity index (χ4n) is 3.57. The third-order valence-corrected chi connectivity index (χ3v) is 5.01. The maximum absolute atomic E-state index is 13.0. The van der Waals surface area contributed by atoms with Crippen LogP contribution in [0.2, 0.25) is 0 Å². The Morgan fingerprint density at radius 1 is 1.07 bits per heavy atom. The molecule has 4 rings (SSSR count). The van der Waals surface area contributed by atoms with Gasteiger partial charge in [-0.15, -0.1) is 0 Å². The zero-order valence-electron chi connectivity index (χ0n) is 16.2. The second-order valence-electron chi connectivity index (χ2n) is 7.08. The Hall–Kier alpha value is -3.06. The summed E-state index contributed by atoms with van der Waals surface area (Å²) < 4.78 is 1.75. The third kappa shape index (κ3) is 3.94. The molecule has 0 aliphatic carbocycles. The highest BCUT2D eigenvalue weighted by Crippen LogP contribution is 2.19. The van der Waals surface area contributed by atoms with Gasteiger partial charge in [0.05, 0.1) is 5.69 Å². The summed E-state index contributed by atoms with van der Waals surface area (Å²) in [7, 11) is 1.87. The summed E-state index contributed by atoms with van der Waals surface area (Å²) in [6.45, 7) is 5.83. The van der Waals surface area contributed by atoms with E-state index in [-0.39, 0.29) is 5.91 Å². The summed E-state index contributed by atoms with van der Waals surface area (Å²) >= 11 is 0. The van der Waals surface area contributed by atoms with Crippen molar-refractivity contribution in [2.45, 2.75) is 13.5 Å². The molecule has 1 saturated heterocycles. The maximum atomic E-state index is 13.0. The molecule has 3 aromatic rings. The van der Waals surface area contributed by atoms with E-state index < -0.39 is 0 Å². The molecular weight excluding hydrogens is 352 g/mol. The number of hydrogen-bond acceptors (Lipinski definition) is 5. The van der Waals surface area contributed by atoms with Crippen molar-refractivity contribution in [1.82, 2.24) is 29.5 Å². The summed E-state index contributed by atoms with van der Waals surface area (Å²) in [5.74, 6) is 1.56. The molecule has 0 radical (unpaired) electrons. The molecule has 0 saturated carbocycles. The van der Waals surface area contributed by atoms with Crippen LogP contribution in [0.3, 0.4) is 0 Å². The molecule has 1 fully saturated rings. The Bertz CT molecular complexity index is 960. The second kappa shape index (κ2) is 7.90. The molecule has 7 heteroatoms. The number of carbonyl (C=O) groups excluding carboxylic acids is 1. The van der Waals surface area contributed by atoms with E-state index in [0.717, 1.165) is 55.6 Å². The lowest BCUT2D eigenvalue weighted by atomic mass is 10.1. The van der Waals surface area contributed by atoms with E-state index in [1.54, 1.807) is 4.68 Å². The highest BCUT2D eigenvalue weighted by molar-refractivity contribution is 5.95. The number of aryl methyl sites for hydroxylation is 2. The van der Waals surface area contributed by atoms with E-state index >= 15 is 0 Å². The first kappa shape index (κ1) is 18.3. The van der Waals surface area contributed by atoms with Gasteiger partial charge in [-0.2, -0.15) is 5.10 Å². The minimum absolute atomic E-state index is 0.0678. The first-order valence-electron chi connectivity index (χ1n) is 9.50. The zero-order valence-corrected chi connectivity index (χ0v) is 16.2. The van der Waals surface area contributed by atoms with Crippen LogP contribution in [0.4, 0.5) is 0 Å². The van der Waals surface area contributed by atoms with Crippen molar-refractivity contribution in [1.29, 1.82) is 0 Å². The largest absolute Gasteiger partial charge is 0.336 e. The monoisotopic (exact) mass is 376 g/mol. The molecule has 7 nitrogen and oxygen atoms in total. The SMILES string of the molecule is Cc1nc(-c2cccc(C(=O)N3CCN(Cc4ccccn4)CC3)c2)n(C)n1. The van der Waals surface area contributed by atoms with Crippen molar-refractivity contribution in [2.24, 2.45) is 7.05 Å². The molecule has 1 aliphatic rings. The van der Waals surface area contributed by atoms with Crippen molar-refractivity contribution >= 4 is 5.91 Å². The summed E-state index contributed by atoms with van der Waals surface area (Å²) in [5.41, 5.74) is 2.66. The first-order valence-corrected chi connectivity index (χ1v) is 9.50. The van der Waals surface area contributed by atoms with Crippen LogP contribution in [0, 0.1) is 6.92 Å². The second-order valence-corrected chi connectivity index (χ2v) is 7.08. The maximum Gasteiger partial charge on any atom is 0.253 e. The standard InChI is InChI=1S/C21H24N6O/c1-16-23-20(25(2)24-16)17-6-5-7-18(14-17)21(28)27-12-10-26(11-13-27)15-19-8-3-4-9-22-19/h3-9,14H,10-13,15H2,1-2H3. The first-order chi connectivity index (χ1) is 13.6. The molecule has 3 heterocycles. The van der Waals surface area contributed by atoms with Crippen molar-refractivity contribution in [2.75, 3.05) is 26.2 Å². The lowest BCUT2D eigenvalue weighted by Crippen LogP contribution is -2.48. The van der Waals surface area contributed by atoms with Crippen LogP contribution in [0.25, 0.3) is 11.4 Å². The predicted molar refractivity (Wildman–Crippen MR) is 107 cm³/mol. The van der Waals surface area contributed by atoms with Gasteiger partial charge in [-0.25, -0.2) is 9.67 Å². The minimum atomic E-state index is 0.0678.